The zero-order valence-electron chi connectivity index (χ0n) is 8.76. The Balaban J connectivity index is 2.34. The van der Waals surface area contributed by atoms with E-state index in [1.165, 1.54) is 0 Å². The summed E-state index contributed by atoms with van der Waals surface area (Å²) in [6.07, 6.45) is 5.28. The zero-order chi connectivity index (χ0) is 10.8. The molecule has 1 aliphatic rings. The Bertz CT molecular complexity index is 396. The first kappa shape index (κ1) is 10.7. The van der Waals surface area contributed by atoms with Crippen molar-refractivity contribution in [3.63, 3.8) is 0 Å². The van der Waals surface area contributed by atoms with Crippen LogP contribution in [0.1, 0.15) is 31.7 Å². The molecular formula is C13H14ClF. The van der Waals surface area contributed by atoms with Gasteiger partial charge in [-0.25, -0.2) is 4.39 Å². The van der Waals surface area contributed by atoms with Gasteiger partial charge in [0.15, 0.2) is 0 Å². The van der Waals surface area contributed by atoms with Crippen LogP contribution in [0, 0.1) is 11.7 Å². The van der Waals surface area contributed by atoms with Gasteiger partial charge in [-0.05, 0) is 36.8 Å². The van der Waals surface area contributed by atoms with Crippen molar-refractivity contribution in [2.45, 2.75) is 26.2 Å². The average molecular weight is 225 g/mol. The van der Waals surface area contributed by atoms with Crippen molar-refractivity contribution in [3.8, 4) is 0 Å². The van der Waals surface area contributed by atoms with Crippen molar-refractivity contribution in [2.24, 2.45) is 5.92 Å². The molecule has 0 aromatic heterocycles. The molecule has 0 spiro atoms. The third-order valence-electron chi connectivity index (χ3n) is 2.97. The molecule has 2 rings (SSSR count). The highest BCUT2D eigenvalue weighted by atomic mass is 35.5. The molecule has 0 heterocycles. The number of rotatable bonds is 1. The van der Waals surface area contributed by atoms with E-state index in [1.807, 2.05) is 6.07 Å². The van der Waals surface area contributed by atoms with Gasteiger partial charge in [0.05, 0.1) is 5.02 Å². The van der Waals surface area contributed by atoms with Crippen molar-refractivity contribution < 1.29 is 4.39 Å². The summed E-state index contributed by atoms with van der Waals surface area (Å²) in [6, 6.07) is 5.20. The summed E-state index contributed by atoms with van der Waals surface area (Å²) in [5.41, 5.74) is 1.78. The second-order valence-electron chi connectivity index (χ2n) is 4.21. The fourth-order valence-corrected chi connectivity index (χ4v) is 2.14. The monoisotopic (exact) mass is 224 g/mol. The maximum Gasteiger partial charge on any atom is 0.149 e. The van der Waals surface area contributed by atoms with E-state index in [1.54, 1.807) is 12.1 Å². The number of halogens is 2. The Morgan fingerprint density at radius 1 is 1.40 bits per heavy atom. The normalized spacial score (nSPS) is 21.3. The molecule has 1 atom stereocenters. The predicted octanol–water partition coefficient (Wildman–Crippen LogP) is 4.68. The smallest absolute Gasteiger partial charge is 0.149 e. The highest BCUT2D eigenvalue weighted by molar-refractivity contribution is 6.30. The van der Waals surface area contributed by atoms with Gasteiger partial charge in [0.25, 0.3) is 0 Å². The lowest BCUT2D eigenvalue weighted by Gasteiger charge is -2.18. The number of benzene rings is 1. The van der Waals surface area contributed by atoms with Crippen molar-refractivity contribution in [1.82, 2.24) is 0 Å². The predicted molar refractivity (Wildman–Crippen MR) is 62.4 cm³/mol. The number of hydrogen-bond donors (Lipinski definition) is 0. The lowest BCUT2D eigenvalue weighted by atomic mass is 9.87. The molecule has 2 heteroatoms. The summed E-state index contributed by atoms with van der Waals surface area (Å²) in [4.78, 5) is 0. The van der Waals surface area contributed by atoms with E-state index in [2.05, 4.69) is 13.0 Å². The Hall–Kier alpha value is -0.820. The van der Waals surface area contributed by atoms with E-state index in [-0.39, 0.29) is 10.8 Å². The van der Waals surface area contributed by atoms with Crippen molar-refractivity contribution in [3.05, 3.63) is 40.7 Å². The molecule has 0 nitrogen and oxygen atoms in total. The van der Waals surface area contributed by atoms with Gasteiger partial charge in [0.2, 0.25) is 0 Å². The molecule has 0 radical (unpaired) electrons. The molecule has 1 aliphatic carbocycles. The summed E-state index contributed by atoms with van der Waals surface area (Å²) in [6.45, 7) is 2.22. The van der Waals surface area contributed by atoms with Gasteiger partial charge in [-0.3, -0.25) is 0 Å². The van der Waals surface area contributed by atoms with E-state index in [4.69, 9.17) is 11.6 Å². The molecular weight excluding hydrogens is 211 g/mol. The Kier molecular flexibility index (Phi) is 3.11. The maximum atomic E-state index is 13.7. The van der Waals surface area contributed by atoms with Gasteiger partial charge < -0.3 is 0 Å². The van der Waals surface area contributed by atoms with Crippen LogP contribution in [-0.2, 0) is 0 Å². The van der Waals surface area contributed by atoms with Crippen LogP contribution in [-0.4, -0.2) is 0 Å². The lowest BCUT2D eigenvalue weighted by Crippen LogP contribution is -2.02. The highest BCUT2D eigenvalue weighted by Gasteiger charge is 2.15. The van der Waals surface area contributed by atoms with Crippen molar-refractivity contribution in [1.29, 1.82) is 0 Å². The van der Waals surface area contributed by atoms with Crippen molar-refractivity contribution >= 4 is 17.2 Å². The third-order valence-corrected chi connectivity index (χ3v) is 3.26. The Morgan fingerprint density at radius 2 is 2.20 bits per heavy atom. The molecule has 1 aromatic carbocycles. The van der Waals surface area contributed by atoms with E-state index in [0.717, 1.165) is 30.8 Å². The van der Waals surface area contributed by atoms with Crippen LogP contribution in [0.2, 0.25) is 5.02 Å². The van der Waals surface area contributed by atoms with Crippen LogP contribution in [0.25, 0.3) is 5.57 Å². The van der Waals surface area contributed by atoms with Gasteiger partial charge in [-0.15, -0.1) is 0 Å². The fraction of sp³-hybridized carbons (Fsp3) is 0.385. The van der Waals surface area contributed by atoms with Gasteiger partial charge >= 0.3 is 0 Å². The van der Waals surface area contributed by atoms with Crippen LogP contribution in [0.3, 0.4) is 0 Å². The molecule has 0 bridgehead atoms. The van der Waals surface area contributed by atoms with Crippen LogP contribution >= 0.6 is 11.6 Å². The molecule has 0 aliphatic heterocycles. The summed E-state index contributed by atoms with van der Waals surface area (Å²) in [5, 5.41) is 0.215. The molecule has 1 unspecified atom stereocenters. The largest absolute Gasteiger partial charge is 0.205 e. The second kappa shape index (κ2) is 4.36. The third kappa shape index (κ3) is 2.23. The second-order valence-corrected chi connectivity index (χ2v) is 4.62. The van der Waals surface area contributed by atoms with E-state index in [0.29, 0.717) is 5.56 Å². The summed E-state index contributed by atoms with van der Waals surface area (Å²) in [5.74, 6) is 0.441. The molecule has 0 saturated heterocycles. The number of hydrogen-bond acceptors (Lipinski definition) is 0. The van der Waals surface area contributed by atoms with E-state index < -0.39 is 0 Å². The summed E-state index contributed by atoms with van der Waals surface area (Å²) < 4.78 is 13.7. The minimum Gasteiger partial charge on any atom is -0.205 e. The average Bonchev–Trinajstić information content (AvgIpc) is 2.24. The summed E-state index contributed by atoms with van der Waals surface area (Å²) >= 11 is 5.76. The van der Waals surface area contributed by atoms with E-state index >= 15 is 0 Å². The Labute approximate surface area is 94.8 Å². The molecule has 0 amide bonds. The quantitative estimate of drug-likeness (QED) is 0.650. The summed E-state index contributed by atoms with van der Waals surface area (Å²) in [7, 11) is 0. The molecule has 0 saturated carbocycles. The van der Waals surface area contributed by atoms with Crippen LogP contribution in [0.4, 0.5) is 4.39 Å². The molecule has 15 heavy (non-hydrogen) atoms. The van der Waals surface area contributed by atoms with Crippen LogP contribution < -0.4 is 0 Å². The van der Waals surface area contributed by atoms with Crippen LogP contribution in [0.15, 0.2) is 24.3 Å². The lowest BCUT2D eigenvalue weighted by molar-refractivity contribution is 0.531. The topological polar surface area (TPSA) is 0 Å². The first-order valence-electron chi connectivity index (χ1n) is 5.32. The highest BCUT2D eigenvalue weighted by Crippen LogP contribution is 2.32. The standard InChI is InChI=1S/C13H14ClF/c1-9-5-7-10(8-6-9)11-3-2-4-12(14)13(11)15/h2-4,7,9H,5-6,8H2,1H3. The van der Waals surface area contributed by atoms with Gasteiger partial charge in [0, 0.05) is 5.56 Å². The molecule has 0 N–H and O–H groups in total. The SMILES string of the molecule is CC1CC=C(c2cccc(Cl)c2F)CC1. The minimum absolute atomic E-state index is 0.215. The number of allylic oxidation sites excluding steroid dienone is 2. The van der Waals surface area contributed by atoms with Crippen LogP contribution in [0.5, 0.6) is 0 Å². The molecule has 80 valence electrons. The molecule has 1 aromatic rings. The zero-order valence-corrected chi connectivity index (χ0v) is 9.52. The maximum absolute atomic E-state index is 13.7. The first-order valence-corrected chi connectivity index (χ1v) is 5.69. The first-order chi connectivity index (χ1) is 7.18. The van der Waals surface area contributed by atoms with Crippen molar-refractivity contribution in [2.75, 3.05) is 0 Å². The van der Waals surface area contributed by atoms with E-state index in [9.17, 15) is 4.39 Å². The molecule has 0 fully saturated rings. The fourth-order valence-electron chi connectivity index (χ4n) is 1.96. The van der Waals surface area contributed by atoms with Gasteiger partial charge in [0.1, 0.15) is 5.82 Å². The minimum atomic E-state index is -0.278. The van der Waals surface area contributed by atoms with Gasteiger partial charge in [-0.2, -0.15) is 0 Å². The Morgan fingerprint density at radius 3 is 2.87 bits per heavy atom. The van der Waals surface area contributed by atoms with Gasteiger partial charge in [-0.1, -0.05) is 36.7 Å².